The first kappa shape index (κ1) is 14.9. The van der Waals surface area contributed by atoms with Gasteiger partial charge in [-0.3, -0.25) is 10.2 Å². The highest BCUT2D eigenvalue weighted by Crippen LogP contribution is 2.25. The van der Waals surface area contributed by atoms with E-state index in [0.717, 1.165) is 6.42 Å². The van der Waals surface area contributed by atoms with Crippen molar-refractivity contribution in [2.75, 3.05) is 11.9 Å². The lowest BCUT2D eigenvalue weighted by Gasteiger charge is -2.13. The molecule has 0 spiro atoms. The van der Waals surface area contributed by atoms with Gasteiger partial charge in [-0.15, -0.1) is 0 Å². The molecule has 0 atom stereocenters. The van der Waals surface area contributed by atoms with E-state index in [0.29, 0.717) is 16.9 Å². The Kier molecular flexibility index (Phi) is 5.55. The molecule has 1 rings (SSSR count). The summed E-state index contributed by atoms with van der Waals surface area (Å²) in [5.41, 5.74) is 2.38. The summed E-state index contributed by atoms with van der Waals surface area (Å²) in [5, 5.41) is 2.94. The van der Waals surface area contributed by atoms with Gasteiger partial charge in [0.2, 0.25) is 0 Å². The van der Waals surface area contributed by atoms with Gasteiger partial charge in [-0.05, 0) is 24.5 Å². The molecule has 0 fully saturated rings. The minimum Gasteiger partial charge on any atom is -0.382 e. The summed E-state index contributed by atoms with van der Waals surface area (Å²) in [7, 11) is 0. The van der Waals surface area contributed by atoms with Crippen molar-refractivity contribution in [2.24, 2.45) is 11.8 Å². The van der Waals surface area contributed by atoms with Gasteiger partial charge in [0.05, 0.1) is 11.3 Å². The Morgan fingerprint density at radius 2 is 2.17 bits per heavy atom. The number of hydrogen-bond acceptors (Lipinski definition) is 3. The van der Waals surface area contributed by atoms with Crippen molar-refractivity contribution in [3.8, 4) is 0 Å². The number of anilines is 1. The van der Waals surface area contributed by atoms with Crippen molar-refractivity contribution in [2.45, 2.75) is 20.3 Å². The SMILES string of the molecule is CC(C)CCNc1c(F)cc(Br)cc1C(=O)NN. The monoisotopic (exact) mass is 317 g/mol. The Morgan fingerprint density at radius 1 is 1.50 bits per heavy atom. The lowest BCUT2D eigenvalue weighted by molar-refractivity contribution is 0.0954. The van der Waals surface area contributed by atoms with E-state index < -0.39 is 11.7 Å². The van der Waals surface area contributed by atoms with E-state index >= 15 is 0 Å². The molecule has 6 heteroatoms. The summed E-state index contributed by atoms with van der Waals surface area (Å²) in [5.74, 6) is 4.58. The molecular formula is C12H17BrFN3O. The summed E-state index contributed by atoms with van der Waals surface area (Å²) < 4.78 is 14.3. The van der Waals surface area contributed by atoms with Gasteiger partial charge in [-0.2, -0.15) is 0 Å². The fraction of sp³-hybridized carbons (Fsp3) is 0.417. The largest absolute Gasteiger partial charge is 0.382 e. The maximum atomic E-state index is 13.8. The molecule has 0 saturated heterocycles. The van der Waals surface area contributed by atoms with Crippen LogP contribution in [-0.4, -0.2) is 12.5 Å². The Hall–Kier alpha value is -1.14. The molecule has 1 aromatic carbocycles. The van der Waals surface area contributed by atoms with Crippen LogP contribution in [0.5, 0.6) is 0 Å². The first-order valence-electron chi connectivity index (χ1n) is 5.69. The summed E-state index contributed by atoms with van der Waals surface area (Å²) in [6.45, 7) is 4.75. The van der Waals surface area contributed by atoms with Gasteiger partial charge >= 0.3 is 0 Å². The zero-order valence-corrected chi connectivity index (χ0v) is 12.0. The van der Waals surface area contributed by atoms with Gasteiger partial charge in [0.15, 0.2) is 0 Å². The number of halogens is 2. The van der Waals surface area contributed by atoms with Crippen molar-refractivity contribution in [1.29, 1.82) is 0 Å². The van der Waals surface area contributed by atoms with E-state index in [4.69, 9.17) is 5.84 Å². The number of amides is 1. The van der Waals surface area contributed by atoms with Crippen LogP contribution in [0.4, 0.5) is 10.1 Å². The molecule has 0 aliphatic heterocycles. The van der Waals surface area contributed by atoms with Crippen LogP contribution in [0.1, 0.15) is 30.6 Å². The predicted molar refractivity (Wildman–Crippen MR) is 73.7 cm³/mol. The van der Waals surface area contributed by atoms with E-state index in [1.165, 1.54) is 12.1 Å². The number of hydrazine groups is 1. The highest BCUT2D eigenvalue weighted by molar-refractivity contribution is 9.10. The van der Waals surface area contributed by atoms with Crippen LogP contribution in [0.25, 0.3) is 0 Å². The molecule has 0 aliphatic carbocycles. The Balaban J connectivity index is 2.96. The van der Waals surface area contributed by atoms with Crippen LogP contribution < -0.4 is 16.6 Å². The van der Waals surface area contributed by atoms with E-state index in [-0.39, 0.29) is 11.3 Å². The average molecular weight is 318 g/mol. The molecule has 4 N–H and O–H groups in total. The van der Waals surface area contributed by atoms with Gasteiger partial charge in [-0.1, -0.05) is 29.8 Å². The number of carbonyl (C=O) groups is 1. The summed E-state index contributed by atoms with van der Waals surface area (Å²) in [4.78, 5) is 11.6. The zero-order valence-electron chi connectivity index (χ0n) is 10.4. The molecule has 0 unspecified atom stereocenters. The van der Waals surface area contributed by atoms with E-state index in [9.17, 15) is 9.18 Å². The molecule has 18 heavy (non-hydrogen) atoms. The maximum absolute atomic E-state index is 13.8. The normalized spacial score (nSPS) is 10.6. The molecule has 4 nitrogen and oxygen atoms in total. The second kappa shape index (κ2) is 6.70. The quantitative estimate of drug-likeness (QED) is 0.444. The van der Waals surface area contributed by atoms with Crippen molar-refractivity contribution in [3.63, 3.8) is 0 Å². The minimum absolute atomic E-state index is 0.182. The third kappa shape index (κ3) is 3.96. The van der Waals surface area contributed by atoms with Crippen molar-refractivity contribution < 1.29 is 9.18 Å². The first-order chi connectivity index (χ1) is 8.45. The van der Waals surface area contributed by atoms with Crippen molar-refractivity contribution >= 4 is 27.5 Å². The van der Waals surface area contributed by atoms with Gasteiger partial charge < -0.3 is 5.32 Å². The van der Waals surface area contributed by atoms with Crippen LogP contribution in [0.2, 0.25) is 0 Å². The van der Waals surface area contributed by atoms with E-state index in [2.05, 4.69) is 35.1 Å². The third-order valence-electron chi connectivity index (χ3n) is 2.45. The number of nitrogens with two attached hydrogens (primary N) is 1. The molecule has 0 bridgehead atoms. The summed E-state index contributed by atoms with van der Waals surface area (Å²) in [6.07, 6.45) is 0.888. The second-order valence-electron chi connectivity index (χ2n) is 4.39. The number of benzene rings is 1. The number of carbonyl (C=O) groups excluding carboxylic acids is 1. The molecule has 0 heterocycles. The number of nitrogen functional groups attached to an aromatic ring is 1. The molecule has 0 radical (unpaired) electrons. The Labute approximate surface area is 114 Å². The van der Waals surface area contributed by atoms with Gasteiger partial charge in [0.1, 0.15) is 5.82 Å². The lowest BCUT2D eigenvalue weighted by Crippen LogP contribution is -2.31. The van der Waals surface area contributed by atoms with E-state index in [1.807, 2.05) is 5.43 Å². The average Bonchev–Trinajstić information content (AvgIpc) is 2.30. The third-order valence-corrected chi connectivity index (χ3v) is 2.91. The number of rotatable bonds is 5. The maximum Gasteiger partial charge on any atom is 0.267 e. The molecular weight excluding hydrogens is 301 g/mol. The van der Waals surface area contributed by atoms with Crippen LogP contribution in [0, 0.1) is 11.7 Å². The van der Waals surface area contributed by atoms with Crippen LogP contribution in [0.3, 0.4) is 0 Å². The molecule has 100 valence electrons. The Morgan fingerprint density at radius 3 is 2.72 bits per heavy atom. The zero-order chi connectivity index (χ0) is 13.7. The van der Waals surface area contributed by atoms with Crippen LogP contribution in [-0.2, 0) is 0 Å². The number of hydrogen-bond donors (Lipinski definition) is 3. The van der Waals surface area contributed by atoms with Gasteiger partial charge in [0, 0.05) is 11.0 Å². The van der Waals surface area contributed by atoms with Crippen LogP contribution in [0.15, 0.2) is 16.6 Å². The van der Waals surface area contributed by atoms with Gasteiger partial charge in [0.25, 0.3) is 5.91 Å². The Bertz CT molecular complexity index is 438. The first-order valence-corrected chi connectivity index (χ1v) is 6.48. The molecule has 1 aromatic rings. The highest BCUT2D eigenvalue weighted by Gasteiger charge is 2.15. The predicted octanol–water partition coefficient (Wildman–Crippen LogP) is 2.65. The molecule has 0 aliphatic rings. The topological polar surface area (TPSA) is 67.2 Å². The summed E-state index contributed by atoms with van der Waals surface area (Å²) >= 11 is 3.15. The van der Waals surface area contributed by atoms with Gasteiger partial charge in [-0.25, -0.2) is 10.2 Å². The minimum atomic E-state index is -0.526. The molecule has 1 amide bonds. The fourth-order valence-corrected chi connectivity index (χ4v) is 1.93. The summed E-state index contributed by atoms with van der Waals surface area (Å²) in [6, 6.07) is 2.84. The van der Waals surface area contributed by atoms with Crippen LogP contribution >= 0.6 is 15.9 Å². The fourth-order valence-electron chi connectivity index (χ4n) is 1.50. The second-order valence-corrected chi connectivity index (χ2v) is 5.31. The standard InChI is InChI=1S/C12H17BrFN3O/c1-7(2)3-4-16-11-9(12(18)17-15)5-8(13)6-10(11)14/h5-7,16H,3-4,15H2,1-2H3,(H,17,18). The lowest BCUT2D eigenvalue weighted by atomic mass is 10.1. The smallest absolute Gasteiger partial charge is 0.267 e. The van der Waals surface area contributed by atoms with E-state index in [1.54, 1.807) is 0 Å². The van der Waals surface area contributed by atoms with Crippen molar-refractivity contribution in [1.82, 2.24) is 5.43 Å². The van der Waals surface area contributed by atoms with Crippen molar-refractivity contribution in [3.05, 3.63) is 28.0 Å². The molecule has 0 aromatic heterocycles. The number of nitrogens with one attached hydrogen (secondary N) is 2. The molecule has 0 saturated carbocycles. The highest BCUT2D eigenvalue weighted by atomic mass is 79.9.